The summed E-state index contributed by atoms with van der Waals surface area (Å²) in [6, 6.07) is 6.57. The van der Waals surface area contributed by atoms with Crippen molar-refractivity contribution in [3.8, 4) is 0 Å². The fourth-order valence-electron chi connectivity index (χ4n) is 1.46. The molecule has 19 heavy (non-hydrogen) atoms. The Morgan fingerprint density at radius 2 is 1.84 bits per heavy atom. The van der Waals surface area contributed by atoms with Crippen LogP contribution in [0.2, 0.25) is 0 Å². The summed E-state index contributed by atoms with van der Waals surface area (Å²) in [5.41, 5.74) is 0.293. The van der Waals surface area contributed by atoms with Gasteiger partial charge in [0.05, 0.1) is 0 Å². The van der Waals surface area contributed by atoms with E-state index in [1.807, 2.05) is 0 Å². The summed E-state index contributed by atoms with van der Waals surface area (Å²) < 4.78 is 24.0. The molecule has 1 aromatic rings. The smallest absolute Gasteiger partial charge is 0.235 e. The van der Waals surface area contributed by atoms with Crippen LogP contribution in [0.15, 0.2) is 28.7 Å². The van der Waals surface area contributed by atoms with Crippen molar-refractivity contribution in [1.29, 1.82) is 0 Å². The van der Waals surface area contributed by atoms with Crippen LogP contribution in [-0.4, -0.2) is 38.2 Å². The Hall–Kier alpha value is -1.21. The molecule has 0 aliphatic carbocycles. The number of rotatable bonds is 6. The van der Waals surface area contributed by atoms with Gasteiger partial charge in [-0.15, -0.1) is 0 Å². The van der Waals surface area contributed by atoms with Crippen LogP contribution in [0.5, 0.6) is 0 Å². The van der Waals surface area contributed by atoms with Gasteiger partial charge in [0.2, 0.25) is 5.91 Å². The number of halogens is 1. The van der Waals surface area contributed by atoms with Gasteiger partial charge in [-0.05, 0) is 13.0 Å². The van der Waals surface area contributed by atoms with Gasteiger partial charge in [0, 0.05) is 16.6 Å². The van der Waals surface area contributed by atoms with Crippen molar-refractivity contribution in [2.45, 2.75) is 6.92 Å². The Morgan fingerprint density at radius 1 is 1.21 bits per heavy atom. The third kappa shape index (κ3) is 5.12. The lowest BCUT2D eigenvalue weighted by atomic mass is 10.1. The molecule has 0 fully saturated rings. The molecule has 0 saturated heterocycles. The molecule has 0 unspecified atom stereocenters. The number of sulfone groups is 1. The number of nitrogens with one attached hydrogen (secondary N) is 1. The topological polar surface area (TPSA) is 80.3 Å². The van der Waals surface area contributed by atoms with Crippen molar-refractivity contribution in [1.82, 2.24) is 5.32 Å². The normalized spacial score (nSPS) is 11.1. The first-order chi connectivity index (χ1) is 8.85. The van der Waals surface area contributed by atoms with Gasteiger partial charge in [-0.2, -0.15) is 0 Å². The summed E-state index contributed by atoms with van der Waals surface area (Å²) in [5, 5.41) is 2.39. The fraction of sp³-hybridized carbons (Fsp3) is 0.333. The molecule has 0 saturated carbocycles. The highest BCUT2D eigenvalue weighted by molar-refractivity contribution is 9.10. The number of benzene rings is 1. The Bertz CT molecular complexity index is 583. The molecular formula is C12H14BrNO4S. The van der Waals surface area contributed by atoms with Crippen molar-refractivity contribution in [2.24, 2.45) is 0 Å². The van der Waals surface area contributed by atoms with Crippen molar-refractivity contribution >= 4 is 37.5 Å². The quantitative estimate of drug-likeness (QED) is 0.783. The van der Waals surface area contributed by atoms with E-state index in [0.717, 1.165) is 0 Å². The Kier molecular flexibility index (Phi) is 5.68. The minimum Gasteiger partial charge on any atom is -0.356 e. The van der Waals surface area contributed by atoms with Gasteiger partial charge >= 0.3 is 0 Å². The number of ketones is 1. The first-order valence-corrected chi connectivity index (χ1v) is 8.22. The summed E-state index contributed by atoms with van der Waals surface area (Å²) in [6.45, 7) is 2.04. The molecule has 0 heterocycles. The van der Waals surface area contributed by atoms with Crippen molar-refractivity contribution in [3.63, 3.8) is 0 Å². The van der Waals surface area contributed by atoms with Gasteiger partial charge < -0.3 is 5.32 Å². The van der Waals surface area contributed by atoms with E-state index in [2.05, 4.69) is 21.2 Å². The lowest BCUT2D eigenvalue weighted by Gasteiger charge is -2.05. The maximum Gasteiger partial charge on any atom is 0.235 e. The second-order valence-electron chi connectivity index (χ2n) is 3.89. The molecule has 5 nitrogen and oxygen atoms in total. The monoisotopic (exact) mass is 347 g/mol. The Balaban J connectivity index is 2.77. The average molecular weight is 348 g/mol. The third-order valence-corrected chi connectivity index (χ3v) is 4.35. The average Bonchev–Trinajstić information content (AvgIpc) is 2.27. The summed E-state index contributed by atoms with van der Waals surface area (Å²) in [7, 11) is -3.75. The van der Waals surface area contributed by atoms with E-state index in [-0.39, 0.29) is 0 Å². The van der Waals surface area contributed by atoms with Gasteiger partial charge in [0.25, 0.3) is 0 Å². The second kappa shape index (κ2) is 6.81. The number of carbonyl (C=O) groups is 2. The van der Waals surface area contributed by atoms with Crippen molar-refractivity contribution in [2.75, 3.05) is 18.1 Å². The predicted octanol–water partition coefficient (Wildman–Crippen LogP) is 1.18. The molecule has 1 rings (SSSR count). The minimum atomic E-state index is -3.75. The number of amides is 1. The Morgan fingerprint density at radius 3 is 2.42 bits per heavy atom. The number of hydrogen-bond donors (Lipinski definition) is 1. The third-order valence-electron chi connectivity index (χ3n) is 2.25. The highest BCUT2D eigenvalue weighted by Crippen LogP contribution is 2.17. The maximum atomic E-state index is 11.9. The molecule has 0 spiro atoms. The molecule has 104 valence electrons. The van der Waals surface area contributed by atoms with E-state index in [1.54, 1.807) is 25.1 Å². The van der Waals surface area contributed by atoms with Crippen molar-refractivity contribution < 1.29 is 18.0 Å². The molecule has 1 N–H and O–H groups in total. The summed E-state index contributed by atoms with van der Waals surface area (Å²) in [5.74, 6) is -2.47. The van der Waals surface area contributed by atoms with Gasteiger partial charge in [0.1, 0.15) is 11.5 Å². The molecule has 0 aromatic heterocycles. The van der Waals surface area contributed by atoms with Crippen molar-refractivity contribution in [3.05, 3.63) is 34.3 Å². The molecule has 0 bridgehead atoms. The molecule has 1 aromatic carbocycles. The van der Waals surface area contributed by atoms with E-state index in [1.165, 1.54) is 6.07 Å². The van der Waals surface area contributed by atoms with Gasteiger partial charge in [-0.25, -0.2) is 8.42 Å². The molecule has 0 aliphatic rings. The number of Topliss-reactive ketones (excluding diaryl/α,β-unsaturated/α-hetero) is 1. The molecule has 1 amide bonds. The zero-order valence-electron chi connectivity index (χ0n) is 10.3. The zero-order chi connectivity index (χ0) is 14.5. The van der Waals surface area contributed by atoms with Crippen LogP contribution < -0.4 is 5.32 Å². The van der Waals surface area contributed by atoms with Gasteiger partial charge in [-0.3, -0.25) is 9.59 Å². The second-order valence-corrected chi connectivity index (χ2v) is 6.81. The number of hydrogen-bond acceptors (Lipinski definition) is 4. The van der Waals surface area contributed by atoms with Crippen LogP contribution in [0, 0.1) is 0 Å². The standard InChI is InChI=1S/C12H14BrNO4S/c1-2-14-12(16)8-19(17,18)7-11(15)9-5-3-4-6-10(9)13/h3-6H,2,7-8H2,1H3,(H,14,16). The maximum absolute atomic E-state index is 11.9. The van der Waals surface area contributed by atoms with Gasteiger partial charge in [-0.1, -0.05) is 34.1 Å². The number of carbonyl (C=O) groups excluding carboxylic acids is 2. The van der Waals surface area contributed by atoms with E-state index in [0.29, 0.717) is 16.6 Å². The lowest BCUT2D eigenvalue weighted by molar-refractivity contribution is -0.118. The van der Waals surface area contributed by atoms with Crippen LogP contribution >= 0.6 is 15.9 Å². The zero-order valence-corrected chi connectivity index (χ0v) is 12.8. The SMILES string of the molecule is CCNC(=O)CS(=O)(=O)CC(=O)c1ccccc1Br. The highest BCUT2D eigenvalue weighted by atomic mass is 79.9. The van der Waals surface area contributed by atoms with E-state index < -0.39 is 33.0 Å². The van der Waals surface area contributed by atoms with Crippen LogP contribution in [-0.2, 0) is 14.6 Å². The summed E-state index contributed by atoms with van der Waals surface area (Å²) in [6.07, 6.45) is 0. The molecule has 7 heteroatoms. The van der Waals surface area contributed by atoms with Crippen LogP contribution in [0.1, 0.15) is 17.3 Å². The molecule has 0 aliphatic heterocycles. The highest BCUT2D eigenvalue weighted by Gasteiger charge is 2.22. The van der Waals surface area contributed by atoms with Crippen LogP contribution in [0.3, 0.4) is 0 Å². The largest absolute Gasteiger partial charge is 0.356 e. The predicted molar refractivity (Wildman–Crippen MR) is 75.8 cm³/mol. The molecule has 0 atom stereocenters. The van der Waals surface area contributed by atoms with E-state index in [9.17, 15) is 18.0 Å². The fourth-order valence-corrected chi connectivity index (χ4v) is 3.13. The molecular weight excluding hydrogens is 334 g/mol. The van der Waals surface area contributed by atoms with Crippen LogP contribution in [0.25, 0.3) is 0 Å². The van der Waals surface area contributed by atoms with E-state index in [4.69, 9.17) is 0 Å². The Labute approximate surface area is 120 Å². The van der Waals surface area contributed by atoms with Gasteiger partial charge in [0.15, 0.2) is 15.6 Å². The lowest BCUT2D eigenvalue weighted by Crippen LogP contribution is -2.32. The summed E-state index contributed by atoms with van der Waals surface area (Å²) in [4.78, 5) is 23.1. The van der Waals surface area contributed by atoms with E-state index >= 15 is 0 Å². The summed E-state index contributed by atoms with van der Waals surface area (Å²) >= 11 is 3.19. The minimum absolute atomic E-state index is 0.293. The molecule has 0 radical (unpaired) electrons. The van der Waals surface area contributed by atoms with Crippen LogP contribution in [0.4, 0.5) is 0 Å². The first kappa shape index (κ1) is 15.8. The first-order valence-electron chi connectivity index (χ1n) is 5.60.